The van der Waals surface area contributed by atoms with Crippen molar-refractivity contribution in [1.82, 2.24) is 4.31 Å². The topological polar surface area (TPSA) is 72.9 Å². The molecule has 0 spiro atoms. The minimum absolute atomic E-state index is 0.0119. The summed E-state index contributed by atoms with van der Waals surface area (Å²) in [4.78, 5) is 12.5. The van der Waals surface area contributed by atoms with E-state index >= 15 is 0 Å². The number of nitrogens with zero attached hydrogens (tertiary/aromatic N) is 1. The Morgan fingerprint density at radius 2 is 1.82 bits per heavy atom. The van der Waals surface area contributed by atoms with E-state index in [0.717, 1.165) is 24.8 Å². The minimum Gasteiger partial charge on any atom is -0.495 e. The zero-order valence-electron chi connectivity index (χ0n) is 16.3. The number of carbonyl (C=O) groups excluding carboxylic acids is 1. The summed E-state index contributed by atoms with van der Waals surface area (Å²) in [6.45, 7) is 4.30. The molecule has 0 amide bonds. The number of methoxy groups -OCH3 is 1. The monoisotopic (exact) mass is 403 g/mol. The molecule has 1 saturated heterocycles. The normalized spacial score (nSPS) is 17.9. The van der Waals surface area contributed by atoms with Gasteiger partial charge in [0, 0.05) is 12.6 Å². The lowest BCUT2D eigenvalue weighted by atomic mass is 10.1. The Morgan fingerprint density at radius 1 is 1.11 bits per heavy atom. The number of hydrogen-bond acceptors (Lipinski definition) is 5. The molecule has 3 rings (SSSR count). The molecule has 150 valence electrons. The summed E-state index contributed by atoms with van der Waals surface area (Å²) in [5, 5.41) is 0. The average Bonchev–Trinajstić information content (AvgIpc) is 2.69. The lowest BCUT2D eigenvalue weighted by Gasteiger charge is -2.32. The third kappa shape index (κ3) is 4.20. The highest BCUT2D eigenvalue weighted by Gasteiger charge is 2.33. The van der Waals surface area contributed by atoms with Crippen LogP contribution in [0.5, 0.6) is 11.5 Å². The molecule has 1 aliphatic heterocycles. The molecule has 2 aromatic rings. The third-order valence-electron chi connectivity index (χ3n) is 4.96. The number of piperidine rings is 1. The summed E-state index contributed by atoms with van der Waals surface area (Å²) in [6.07, 6.45) is 2.64. The van der Waals surface area contributed by atoms with E-state index in [2.05, 4.69) is 0 Å². The van der Waals surface area contributed by atoms with Crippen LogP contribution in [0.1, 0.15) is 42.1 Å². The molecular weight excluding hydrogens is 378 g/mol. The van der Waals surface area contributed by atoms with Crippen molar-refractivity contribution < 1.29 is 22.7 Å². The van der Waals surface area contributed by atoms with Crippen LogP contribution in [0.15, 0.2) is 47.4 Å². The number of ether oxygens (including phenoxy) is 2. The second-order valence-electron chi connectivity index (χ2n) is 7.03. The summed E-state index contributed by atoms with van der Waals surface area (Å²) in [5.41, 5.74) is 1.21. The fraction of sp³-hybridized carbons (Fsp3) is 0.381. The second-order valence-corrected chi connectivity index (χ2v) is 8.89. The largest absolute Gasteiger partial charge is 0.495 e. The van der Waals surface area contributed by atoms with Gasteiger partial charge in [0.25, 0.3) is 0 Å². The molecule has 0 saturated carbocycles. The summed E-state index contributed by atoms with van der Waals surface area (Å²) in [6, 6.07) is 11.3. The maximum atomic E-state index is 13.2. The molecular formula is C21H25NO5S. The predicted octanol–water partition coefficient (Wildman–Crippen LogP) is 3.79. The van der Waals surface area contributed by atoms with Gasteiger partial charge in [-0.2, -0.15) is 4.31 Å². The molecule has 0 aromatic heterocycles. The van der Waals surface area contributed by atoms with Crippen LogP contribution in [-0.4, -0.2) is 38.4 Å². The number of aryl methyl sites for hydroxylation is 1. The Morgan fingerprint density at radius 3 is 2.46 bits per heavy atom. The van der Waals surface area contributed by atoms with Crippen molar-refractivity contribution in [2.75, 3.05) is 13.7 Å². The van der Waals surface area contributed by atoms with E-state index in [1.807, 2.05) is 26.0 Å². The van der Waals surface area contributed by atoms with E-state index in [1.165, 1.54) is 29.6 Å². The van der Waals surface area contributed by atoms with Gasteiger partial charge in [-0.15, -0.1) is 0 Å². The number of rotatable bonds is 5. The SMILES string of the molecule is COc1ccc(C(=O)Oc2ccc(C)cc2)cc1S(=O)(=O)N1CCCC[C@@H]1C. The Bertz CT molecular complexity index is 953. The molecule has 1 fully saturated rings. The van der Waals surface area contributed by atoms with E-state index in [-0.39, 0.29) is 22.3 Å². The summed E-state index contributed by atoms with van der Waals surface area (Å²) in [5.74, 6) is -0.000198. The van der Waals surface area contributed by atoms with Crippen molar-refractivity contribution >= 4 is 16.0 Å². The molecule has 28 heavy (non-hydrogen) atoms. The lowest BCUT2D eigenvalue weighted by molar-refractivity contribution is 0.0734. The van der Waals surface area contributed by atoms with Gasteiger partial charge in [0.1, 0.15) is 16.4 Å². The molecule has 1 atom stereocenters. The van der Waals surface area contributed by atoms with Crippen molar-refractivity contribution in [2.24, 2.45) is 0 Å². The Hall–Kier alpha value is -2.38. The van der Waals surface area contributed by atoms with Crippen LogP contribution in [-0.2, 0) is 10.0 Å². The third-order valence-corrected chi connectivity index (χ3v) is 6.99. The van der Waals surface area contributed by atoms with Gasteiger partial charge in [0.2, 0.25) is 10.0 Å². The molecule has 0 N–H and O–H groups in total. The van der Waals surface area contributed by atoms with E-state index < -0.39 is 16.0 Å². The Labute approximate surface area is 166 Å². The van der Waals surface area contributed by atoms with Gasteiger partial charge in [0.15, 0.2) is 0 Å². The predicted molar refractivity (Wildman–Crippen MR) is 106 cm³/mol. The highest BCUT2D eigenvalue weighted by molar-refractivity contribution is 7.89. The highest BCUT2D eigenvalue weighted by atomic mass is 32.2. The van der Waals surface area contributed by atoms with Crippen LogP contribution in [0.4, 0.5) is 0 Å². The van der Waals surface area contributed by atoms with Crippen LogP contribution in [0.25, 0.3) is 0 Å². The maximum absolute atomic E-state index is 13.2. The minimum atomic E-state index is -3.79. The zero-order valence-corrected chi connectivity index (χ0v) is 17.2. The maximum Gasteiger partial charge on any atom is 0.343 e. The van der Waals surface area contributed by atoms with E-state index in [1.54, 1.807) is 12.1 Å². The van der Waals surface area contributed by atoms with Gasteiger partial charge in [-0.3, -0.25) is 0 Å². The fourth-order valence-electron chi connectivity index (χ4n) is 3.33. The number of sulfonamides is 1. The van der Waals surface area contributed by atoms with Crippen molar-refractivity contribution in [3.63, 3.8) is 0 Å². The molecule has 2 aromatic carbocycles. The Balaban J connectivity index is 1.93. The van der Waals surface area contributed by atoms with Crippen LogP contribution in [0.2, 0.25) is 0 Å². The smallest absolute Gasteiger partial charge is 0.343 e. The van der Waals surface area contributed by atoms with Gasteiger partial charge in [-0.05, 0) is 57.0 Å². The first kappa shape index (κ1) is 20.4. The summed E-state index contributed by atoms with van der Waals surface area (Å²) >= 11 is 0. The molecule has 0 aliphatic carbocycles. The molecule has 0 unspecified atom stereocenters. The van der Waals surface area contributed by atoms with E-state index in [0.29, 0.717) is 12.3 Å². The van der Waals surface area contributed by atoms with Crippen LogP contribution in [0.3, 0.4) is 0 Å². The van der Waals surface area contributed by atoms with Crippen LogP contribution in [0, 0.1) is 6.92 Å². The molecule has 0 radical (unpaired) electrons. The molecule has 1 heterocycles. The van der Waals surface area contributed by atoms with Gasteiger partial charge < -0.3 is 9.47 Å². The quantitative estimate of drug-likeness (QED) is 0.561. The summed E-state index contributed by atoms with van der Waals surface area (Å²) < 4.78 is 38.6. The number of carbonyl (C=O) groups is 1. The lowest BCUT2D eigenvalue weighted by Crippen LogP contribution is -2.42. The molecule has 0 bridgehead atoms. The van der Waals surface area contributed by atoms with Crippen molar-refractivity contribution in [1.29, 1.82) is 0 Å². The van der Waals surface area contributed by atoms with Crippen molar-refractivity contribution in [3.8, 4) is 11.5 Å². The molecule has 6 nitrogen and oxygen atoms in total. The first-order chi connectivity index (χ1) is 13.3. The number of benzene rings is 2. The van der Waals surface area contributed by atoms with Gasteiger partial charge in [0.05, 0.1) is 12.7 Å². The first-order valence-corrected chi connectivity index (χ1v) is 10.8. The van der Waals surface area contributed by atoms with Crippen LogP contribution >= 0.6 is 0 Å². The summed E-state index contributed by atoms with van der Waals surface area (Å²) in [7, 11) is -2.37. The first-order valence-electron chi connectivity index (χ1n) is 9.31. The fourth-order valence-corrected chi connectivity index (χ4v) is 5.22. The zero-order chi connectivity index (χ0) is 20.3. The molecule has 7 heteroatoms. The van der Waals surface area contributed by atoms with Crippen LogP contribution < -0.4 is 9.47 Å². The number of hydrogen-bond donors (Lipinski definition) is 0. The van der Waals surface area contributed by atoms with E-state index in [9.17, 15) is 13.2 Å². The highest BCUT2D eigenvalue weighted by Crippen LogP contribution is 2.32. The van der Waals surface area contributed by atoms with Crippen molar-refractivity contribution in [3.05, 3.63) is 53.6 Å². The Kier molecular flexibility index (Phi) is 6.05. The van der Waals surface area contributed by atoms with Gasteiger partial charge >= 0.3 is 5.97 Å². The van der Waals surface area contributed by atoms with Crippen molar-refractivity contribution in [2.45, 2.75) is 44.0 Å². The standard InChI is InChI=1S/C21H25NO5S/c1-15-7-10-18(11-8-15)27-21(23)17-9-12-19(26-3)20(14-17)28(24,25)22-13-5-4-6-16(22)2/h7-12,14,16H,4-6,13H2,1-3H3/t16-/m0/s1. The van der Waals surface area contributed by atoms with Gasteiger partial charge in [-0.25, -0.2) is 13.2 Å². The second kappa shape index (κ2) is 8.32. The molecule has 1 aliphatic rings. The van der Waals surface area contributed by atoms with E-state index in [4.69, 9.17) is 9.47 Å². The van der Waals surface area contributed by atoms with Gasteiger partial charge in [-0.1, -0.05) is 24.1 Å². The average molecular weight is 404 g/mol. The number of esters is 1.